The van der Waals surface area contributed by atoms with Crippen LogP contribution >= 0.6 is 0 Å². The number of benzene rings is 1. The van der Waals surface area contributed by atoms with Crippen LogP contribution in [0.3, 0.4) is 0 Å². The monoisotopic (exact) mass is 371 g/mol. The van der Waals surface area contributed by atoms with Crippen molar-refractivity contribution in [2.24, 2.45) is 5.73 Å². The summed E-state index contributed by atoms with van der Waals surface area (Å²) < 4.78 is 55.5. The molecular weight excluding hydrogens is 358 g/mol. The lowest BCUT2D eigenvalue weighted by atomic mass is 10.1. The molecule has 1 amide bonds. The molecule has 2 rings (SSSR count). The molecule has 0 radical (unpaired) electrons. The largest absolute Gasteiger partial charge is 0.491 e. The Morgan fingerprint density at radius 3 is 2.58 bits per heavy atom. The molecule has 0 spiro atoms. The summed E-state index contributed by atoms with van der Waals surface area (Å²) in [5.74, 6) is -5.85. The topological polar surface area (TPSA) is 94.3 Å². The second kappa shape index (κ2) is 7.48. The summed E-state index contributed by atoms with van der Waals surface area (Å²) in [5.41, 5.74) is 5.42. The van der Waals surface area contributed by atoms with Crippen molar-refractivity contribution >= 4 is 17.7 Å². The van der Waals surface area contributed by atoms with Gasteiger partial charge in [0.2, 0.25) is 0 Å². The van der Waals surface area contributed by atoms with E-state index in [1.54, 1.807) is 6.07 Å². The van der Waals surface area contributed by atoms with E-state index < -0.39 is 35.2 Å². The van der Waals surface area contributed by atoms with Gasteiger partial charge in [0.25, 0.3) is 5.91 Å². The lowest BCUT2D eigenvalue weighted by molar-refractivity contribution is -0.189. The molecule has 6 nitrogen and oxygen atoms in total. The van der Waals surface area contributed by atoms with E-state index >= 15 is 0 Å². The first-order valence-electron chi connectivity index (χ1n) is 7.18. The Morgan fingerprint density at radius 2 is 1.96 bits per heavy atom. The summed E-state index contributed by atoms with van der Waals surface area (Å²) in [6.07, 6.45) is -3.93. The minimum absolute atomic E-state index is 0.0757. The van der Waals surface area contributed by atoms with Gasteiger partial charge in [0.05, 0.1) is 5.56 Å². The van der Waals surface area contributed by atoms with Crippen LogP contribution in [0, 0.1) is 12.7 Å². The Kier molecular flexibility index (Phi) is 5.56. The summed E-state index contributed by atoms with van der Waals surface area (Å²) in [7, 11) is 0. The molecule has 3 N–H and O–H groups in total. The van der Waals surface area contributed by atoms with Gasteiger partial charge >= 0.3 is 12.1 Å². The summed E-state index contributed by atoms with van der Waals surface area (Å²) >= 11 is 0. The number of anilines is 1. The predicted molar refractivity (Wildman–Crippen MR) is 82.9 cm³/mol. The first kappa shape index (κ1) is 19.3. The second-order valence-electron chi connectivity index (χ2n) is 5.17. The van der Waals surface area contributed by atoms with E-state index in [2.05, 4.69) is 15.0 Å². The minimum Gasteiger partial charge on any atom is -0.416 e. The summed E-state index contributed by atoms with van der Waals surface area (Å²) in [4.78, 5) is 27.0. The first-order valence-corrected chi connectivity index (χ1v) is 7.18. The zero-order valence-corrected chi connectivity index (χ0v) is 13.4. The third-order valence-electron chi connectivity index (χ3n) is 3.27. The lowest BCUT2D eigenvalue weighted by Gasteiger charge is -2.13. The van der Waals surface area contributed by atoms with Gasteiger partial charge in [0, 0.05) is 12.7 Å². The molecule has 0 aliphatic rings. The predicted octanol–water partition coefficient (Wildman–Crippen LogP) is 2.71. The number of amides is 1. The molecule has 0 unspecified atom stereocenters. The van der Waals surface area contributed by atoms with Crippen molar-refractivity contribution in [1.29, 1.82) is 0 Å². The third kappa shape index (κ3) is 4.33. The van der Waals surface area contributed by atoms with Crippen molar-refractivity contribution < 1.29 is 31.9 Å². The van der Waals surface area contributed by atoms with Crippen LogP contribution in [0.2, 0.25) is 0 Å². The fourth-order valence-electron chi connectivity index (χ4n) is 1.96. The van der Waals surface area contributed by atoms with E-state index in [1.807, 2.05) is 0 Å². The van der Waals surface area contributed by atoms with Crippen LogP contribution < -0.4 is 15.8 Å². The Morgan fingerprint density at radius 1 is 1.27 bits per heavy atom. The van der Waals surface area contributed by atoms with E-state index in [0.29, 0.717) is 5.56 Å². The number of aryl methyl sites for hydroxylation is 1. The standard InChI is InChI=1S/C16H13F4N3O3/c1-8-2-3-10(12(17)13(8)26-15(25)16(18,19)20)14(24)23-11-6-9(7-21)4-5-22-11/h2-6H,7,21H2,1H3,(H,22,23,24). The minimum atomic E-state index is -5.30. The molecule has 1 aromatic heterocycles. The van der Waals surface area contributed by atoms with E-state index in [1.165, 1.54) is 19.2 Å². The zero-order chi connectivity index (χ0) is 19.5. The van der Waals surface area contributed by atoms with E-state index in [4.69, 9.17) is 5.73 Å². The Hall–Kier alpha value is -3.01. The summed E-state index contributed by atoms with van der Waals surface area (Å²) in [6.45, 7) is 1.41. The molecule has 10 heteroatoms. The quantitative estimate of drug-likeness (QED) is 0.490. The average Bonchev–Trinajstić information content (AvgIpc) is 2.57. The van der Waals surface area contributed by atoms with Crippen LogP contribution in [0.15, 0.2) is 30.5 Å². The Balaban J connectivity index is 2.30. The smallest absolute Gasteiger partial charge is 0.416 e. The van der Waals surface area contributed by atoms with Gasteiger partial charge in [-0.3, -0.25) is 4.79 Å². The number of nitrogens with two attached hydrogens (primary N) is 1. The van der Waals surface area contributed by atoms with E-state index in [0.717, 1.165) is 12.1 Å². The molecule has 0 aliphatic heterocycles. The molecule has 1 heterocycles. The molecule has 1 aromatic carbocycles. The van der Waals surface area contributed by atoms with Crippen LogP contribution in [0.4, 0.5) is 23.4 Å². The number of halogens is 4. The number of pyridine rings is 1. The molecule has 0 bridgehead atoms. The molecule has 26 heavy (non-hydrogen) atoms. The Labute approximate surface area is 145 Å². The van der Waals surface area contributed by atoms with Gasteiger partial charge < -0.3 is 15.8 Å². The fourth-order valence-corrected chi connectivity index (χ4v) is 1.96. The number of hydrogen-bond donors (Lipinski definition) is 2. The number of esters is 1. The number of rotatable bonds is 4. The maximum atomic E-state index is 14.4. The molecule has 2 aromatic rings. The van der Waals surface area contributed by atoms with Crippen LogP contribution in [0.5, 0.6) is 5.75 Å². The highest BCUT2D eigenvalue weighted by Gasteiger charge is 2.42. The molecular formula is C16H13F4N3O3. The van der Waals surface area contributed by atoms with Gasteiger partial charge in [-0.2, -0.15) is 13.2 Å². The van der Waals surface area contributed by atoms with Crippen molar-refractivity contribution in [2.75, 3.05) is 5.32 Å². The van der Waals surface area contributed by atoms with E-state index in [9.17, 15) is 27.2 Å². The average molecular weight is 371 g/mol. The van der Waals surface area contributed by atoms with Crippen molar-refractivity contribution in [3.63, 3.8) is 0 Å². The molecule has 0 fully saturated rings. The zero-order valence-electron chi connectivity index (χ0n) is 13.4. The highest BCUT2D eigenvalue weighted by molar-refractivity contribution is 6.04. The number of carbonyl (C=O) groups is 2. The molecule has 0 saturated carbocycles. The van der Waals surface area contributed by atoms with Crippen molar-refractivity contribution in [2.45, 2.75) is 19.6 Å². The van der Waals surface area contributed by atoms with Gasteiger partial charge in [-0.1, -0.05) is 6.07 Å². The number of alkyl halides is 3. The van der Waals surface area contributed by atoms with Crippen molar-refractivity contribution in [1.82, 2.24) is 4.98 Å². The highest BCUT2D eigenvalue weighted by Crippen LogP contribution is 2.28. The maximum absolute atomic E-state index is 14.4. The summed E-state index contributed by atoms with van der Waals surface area (Å²) in [6, 6.07) is 5.27. The molecule has 138 valence electrons. The normalized spacial score (nSPS) is 11.2. The van der Waals surface area contributed by atoms with Gasteiger partial charge in [0.1, 0.15) is 5.82 Å². The van der Waals surface area contributed by atoms with Gasteiger partial charge in [0.15, 0.2) is 11.6 Å². The number of ether oxygens (including phenoxy) is 1. The van der Waals surface area contributed by atoms with Crippen molar-refractivity contribution in [3.8, 4) is 5.75 Å². The lowest BCUT2D eigenvalue weighted by Crippen LogP contribution is -2.29. The van der Waals surface area contributed by atoms with Crippen LogP contribution in [-0.4, -0.2) is 23.0 Å². The third-order valence-corrected chi connectivity index (χ3v) is 3.27. The number of aromatic nitrogens is 1. The molecule has 0 saturated heterocycles. The van der Waals surface area contributed by atoms with Crippen LogP contribution in [0.1, 0.15) is 21.5 Å². The van der Waals surface area contributed by atoms with Crippen LogP contribution in [0.25, 0.3) is 0 Å². The summed E-state index contributed by atoms with van der Waals surface area (Å²) in [5, 5.41) is 2.30. The Bertz CT molecular complexity index is 853. The first-order chi connectivity index (χ1) is 12.1. The number of hydrogen-bond acceptors (Lipinski definition) is 5. The fraction of sp³-hybridized carbons (Fsp3) is 0.188. The molecule has 0 aliphatic carbocycles. The van der Waals surface area contributed by atoms with Crippen LogP contribution in [-0.2, 0) is 11.3 Å². The highest BCUT2D eigenvalue weighted by atomic mass is 19.4. The van der Waals surface area contributed by atoms with Gasteiger partial charge in [-0.05, 0) is 36.2 Å². The maximum Gasteiger partial charge on any atom is 0.491 e. The number of carbonyl (C=O) groups excluding carboxylic acids is 2. The van der Waals surface area contributed by atoms with Gasteiger partial charge in [-0.15, -0.1) is 0 Å². The number of nitrogens with one attached hydrogen (secondary N) is 1. The number of nitrogens with zero attached hydrogens (tertiary/aromatic N) is 1. The second-order valence-corrected chi connectivity index (χ2v) is 5.17. The molecule has 0 atom stereocenters. The van der Waals surface area contributed by atoms with Gasteiger partial charge in [-0.25, -0.2) is 14.2 Å². The SMILES string of the molecule is Cc1ccc(C(=O)Nc2cc(CN)ccn2)c(F)c1OC(=O)C(F)(F)F. The van der Waals surface area contributed by atoms with E-state index in [-0.39, 0.29) is 17.9 Å². The van der Waals surface area contributed by atoms with Crippen molar-refractivity contribution in [3.05, 3.63) is 53.0 Å².